The second-order valence-electron chi connectivity index (χ2n) is 12.8. The van der Waals surface area contributed by atoms with Crippen LogP contribution < -0.4 is 5.19 Å². The molecular weight excluding hydrogens is 575 g/mol. The highest BCUT2D eigenvalue weighted by atomic mass is 28.3. The molecule has 7 aromatic carbocycles. The molecule has 1 heterocycles. The fourth-order valence-corrected chi connectivity index (χ4v) is 8.36. The lowest BCUT2D eigenvalue weighted by Crippen LogP contribution is -2.38. The van der Waals surface area contributed by atoms with Gasteiger partial charge in [-0.05, 0) is 43.4 Å². The maximum absolute atomic E-state index is 5.17. The van der Waals surface area contributed by atoms with Crippen LogP contribution in [0.25, 0.3) is 77.6 Å². The van der Waals surface area contributed by atoms with Crippen LogP contribution in [0.2, 0.25) is 19.6 Å². The fraction of sp³-hybridized carbons (Fsp3) is 0.0714. The normalized spacial score (nSPS) is 11.8. The van der Waals surface area contributed by atoms with E-state index in [1.165, 1.54) is 37.9 Å². The molecule has 0 N–H and O–H groups in total. The van der Waals surface area contributed by atoms with E-state index in [2.05, 4.69) is 129 Å². The monoisotopic (exact) mass is 607 g/mol. The van der Waals surface area contributed by atoms with Crippen LogP contribution in [0, 0.1) is 0 Å². The number of hydrogen-bond donors (Lipinski definition) is 0. The van der Waals surface area contributed by atoms with Crippen molar-refractivity contribution in [2.24, 2.45) is 0 Å². The van der Waals surface area contributed by atoms with Crippen molar-refractivity contribution in [1.82, 2.24) is 15.0 Å². The molecule has 1 aromatic heterocycles. The van der Waals surface area contributed by atoms with Crippen LogP contribution in [0.1, 0.15) is 0 Å². The summed E-state index contributed by atoms with van der Waals surface area (Å²) < 4.78 is 0. The van der Waals surface area contributed by atoms with Crippen LogP contribution in [0.15, 0.2) is 146 Å². The third-order valence-corrected chi connectivity index (χ3v) is 10.9. The van der Waals surface area contributed by atoms with Gasteiger partial charge in [0, 0.05) is 16.7 Å². The second kappa shape index (κ2) is 11.2. The highest BCUT2D eigenvalue weighted by molar-refractivity contribution is 6.90. The Bertz CT molecular complexity index is 2280. The third kappa shape index (κ3) is 4.79. The first kappa shape index (κ1) is 28.1. The van der Waals surface area contributed by atoms with Gasteiger partial charge < -0.3 is 0 Å². The molecule has 0 saturated carbocycles. The van der Waals surface area contributed by atoms with Gasteiger partial charge in [0.1, 0.15) is 0 Å². The smallest absolute Gasteiger partial charge is 0.165 e. The highest BCUT2D eigenvalue weighted by Gasteiger charge is 2.24. The molecule has 4 heteroatoms. The van der Waals surface area contributed by atoms with E-state index < -0.39 is 8.07 Å². The summed E-state index contributed by atoms with van der Waals surface area (Å²) in [5, 5.41) is 8.76. The molecule has 220 valence electrons. The lowest BCUT2D eigenvalue weighted by Gasteiger charge is -2.22. The van der Waals surface area contributed by atoms with Gasteiger partial charge >= 0.3 is 0 Å². The van der Waals surface area contributed by atoms with Crippen molar-refractivity contribution in [1.29, 1.82) is 0 Å². The number of nitrogens with zero attached hydrogens (tertiary/aromatic N) is 3. The van der Waals surface area contributed by atoms with E-state index in [-0.39, 0.29) is 0 Å². The van der Waals surface area contributed by atoms with E-state index in [0.717, 1.165) is 27.5 Å². The first-order valence-electron chi connectivity index (χ1n) is 15.8. The summed E-state index contributed by atoms with van der Waals surface area (Å²) in [6.07, 6.45) is 0. The molecule has 0 unspecified atom stereocenters. The molecule has 0 aliphatic carbocycles. The standard InChI is InChI=1S/C42H33N3Si/c1-46(2,3)37-27-26-36(30-20-10-11-21-31(30)37)38-32-22-12-14-24-34(32)39(35-25-15-13-23-33(35)38)42-44-40(28-16-6-4-7-17-28)43-41(45-42)29-18-8-5-9-19-29/h4-27H,1-3H3. The van der Waals surface area contributed by atoms with Gasteiger partial charge in [0.15, 0.2) is 17.5 Å². The topological polar surface area (TPSA) is 38.7 Å². The minimum absolute atomic E-state index is 0.662. The van der Waals surface area contributed by atoms with Crippen molar-refractivity contribution in [3.63, 3.8) is 0 Å². The Balaban J connectivity index is 1.48. The third-order valence-electron chi connectivity index (χ3n) is 8.86. The van der Waals surface area contributed by atoms with E-state index in [0.29, 0.717) is 17.5 Å². The molecule has 8 aromatic rings. The average molecular weight is 608 g/mol. The molecule has 0 spiro atoms. The molecule has 46 heavy (non-hydrogen) atoms. The van der Waals surface area contributed by atoms with Crippen LogP contribution in [-0.4, -0.2) is 23.0 Å². The first-order valence-corrected chi connectivity index (χ1v) is 19.3. The Morgan fingerprint density at radius 3 is 1.22 bits per heavy atom. The van der Waals surface area contributed by atoms with Crippen LogP contribution in [-0.2, 0) is 0 Å². The molecule has 0 bridgehead atoms. The molecular formula is C42H33N3Si. The molecule has 0 aliphatic heterocycles. The van der Waals surface area contributed by atoms with Gasteiger partial charge in [-0.3, -0.25) is 0 Å². The van der Waals surface area contributed by atoms with E-state index in [1.54, 1.807) is 0 Å². The molecule has 0 amide bonds. The maximum atomic E-state index is 5.17. The van der Waals surface area contributed by atoms with Gasteiger partial charge in [0.05, 0.1) is 8.07 Å². The highest BCUT2D eigenvalue weighted by Crippen LogP contribution is 2.44. The van der Waals surface area contributed by atoms with Crippen molar-refractivity contribution >= 4 is 45.6 Å². The number of rotatable bonds is 5. The van der Waals surface area contributed by atoms with Crippen molar-refractivity contribution in [3.8, 4) is 45.3 Å². The number of fused-ring (bicyclic) bond motifs is 3. The molecule has 8 rings (SSSR count). The SMILES string of the molecule is C[Si](C)(C)c1ccc(-c2c3ccccc3c(-c3nc(-c4ccccc4)nc(-c4ccccc4)n3)c3ccccc23)c2ccccc12. The molecule has 0 fully saturated rings. The van der Waals surface area contributed by atoms with E-state index in [1.807, 2.05) is 36.4 Å². The average Bonchev–Trinajstić information content (AvgIpc) is 3.10. The van der Waals surface area contributed by atoms with Crippen molar-refractivity contribution in [2.75, 3.05) is 0 Å². The number of aromatic nitrogens is 3. The van der Waals surface area contributed by atoms with Crippen LogP contribution in [0.4, 0.5) is 0 Å². The van der Waals surface area contributed by atoms with Gasteiger partial charge in [0.25, 0.3) is 0 Å². The molecule has 0 aliphatic rings. The maximum Gasteiger partial charge on any atom is 0.165 e. The van der Waals surface area contributed by atoms with Crippen LogP contribution in [0.3, 0.4) is 0 Å². The van der Waals surface area contributed by atoms with E-state index in [9.17, 15) is 0 Å². The predicted molar refractivity (Wildman–Crippen MR) is 197 cm³/mol. The van der Waals surface area contributed by atoms with Crippen LogP contribution >= 0.6 is 0 Å². The van der Waals surface area contributed by atoms with Crippen molar-refractivity contribution < 1.29 is 0 Å². The van der Waals surface area contributed by atoms with Crippen molar-refractivity contribution in [3.05, 3.63) is 146 Å². The summed E-state index contributed by atoms with van der Waals surface area (Å²) >= 11 is 0. The minimum Gasteiger partial charge on any atom is -0.208 e. The van der Waals surface area contributed by atoms with Crippen LogP contribution in [0.5, 0.6) is 0 Å². The molecule has 0 atom stereocenters. The number of benzene rings is 7. The van der Waals surface area contributed by atoms with E-state index in [4.69, 9.17) is 15.0 Å². The Labute approximate surface area is 270 Å². The van der Waals surface area contributed by atoms with Gasteiger partial charge in [-0.25, -0.2) is 15.0 Å². The van der Waals surface area contributed by atoms with Gasteiger partial charge in [0.2, 0.25) is 0 Å². The summed E-state index contributed by atoms with van der Waals surface area (Å²) in [6.45, 7) is 7.28. The Morgan fingerprint density at radius 2 is 0.739 bits per heavy atom. The summed E-state index contributed by atoms with van der Waals surface area (Å²) in [5.41, 5.74) is 5.44. The Hall–Kier alpha value is -5.45. The molecule has 3 nitrogen and oxygen atoms in total. The van der Waals surface area contributed by atoms with E-state index >= 15 is 0 Å². The molecule has 0 saturated heterocycles. The second-order valence-corrected chi connectivity index (χ2v) is 17.9. The van der Waals surface area contributed by atoms with Crippen molar-refractivity contribution in [2.45, 2.75) is 19.6 Å². The van der Waals surface area contributed by atoms with Gasteiger partial charge in [-0.2, -0.15) is 0 Å². The largest absolute Gasteiger partial charge is 0.208 e. The Morgan fingerprint density at radius 1 is 0.348 bits per heavy atom. The predicted octanol–water partition coefficient (Wildman–Crippen LogP) is 10.5. The zero-order valence-electron chi connectivity index (χ0n) is 26.2. The number of hydrogen-bond acceptors (Lipinski definition) is 3. The van der Waals surface area contributed by atoms with Gasteiger partial charge in [-0.15, -0.1) is 0 Å². The fourth-order valence-electron chi connectivity index (χ4n) is 6.75. The quantitative estimate of drug-likeness (QED) is 0.144. The summed E-state index contributed by atoms with van der Waals surface area (Å²) in [6, 6.07) is 51.5. The van der Waals surface area contributed by atoms with Gasteiger partial charge in [-0.1, -0.05) is 170 Å². The zero-order chi connectivity index (χ0) is 31.3. The summed E-state index contributed by atoms with van der Waals surface area (Å²) in [7, 11) is -1.57. The zero-order valence-corrected chi connectivity index (χ0v) is 27.2. The Kier molecular flexibility index (Phi) is 6.81. The molecule has 0 radical (unpaired) electrons. The summed E-state index contributed by atoms with van der Waals surface area (Å²) in [5.74, 6) is 2.00. The summed E-state index contributed by atoms with van der Waals surface area (Å²) in [4.78, 5) is 15.3. The minimum atomic E-state index is -1.57. The lowest BCUT2D eigenvalue weighted by molar-refractivity contribution is 1.08. The first-order chi connectivity index (χ1) is 22.5. The lowest BCUT2D eigenvalue weighted by atomic mass is 9.86.